The van der Waals surface area contributed by atoms with E-state index in [-0.39, 0.29) is 24.2 Å². The minimum Gasteiger partial charge on any atom is -0.497 e. The van der Waals surface area contributed by atoms with Gasteiger partial charge in [0.1, 0.15) is 5.75 Å². The number of likely N-dealkylation sites (N-methyl/N-ethyl adjacent to an activating group) is 1. The molecule has 0 bridgehead atoms. The molecule has 1 aromatic carbocycles. The van der Waals surface area contributed by atoms with Crippen molar-refractivity contribution in [1.29, 1.82) is 0 Å². The van der Waals surface area contributed by atoms with Gasteiger partial charge in [0.2, 0.25) is 5.91 Å². The first-order valence-electron chi connectivity index (χ1n) is 7.73. The van der Waals surface area contributed by atoms with Crippen LogP contribution in [-0.2, 0) is 4.79 Å². The van der Waals surface area contributed by atoms with Crippen LogP contribution >= 0.6 is 12.4 Å². The average Bonchev–Trinajstić information content (AvgIpc) is 2.54. The number of carbonyl (C=O) groups is 1. The fraction of sp³-hybridized carbons (Fsp3) is 0.588. The third kappa shape index (κ3) is 4.89. The number of rotatable bonds is 5. The van der Waals surface area contributed by atoms with Crippen LogP contribution in [0, 0.1) is 0 Å². The Balaban J connectivity index is 0.00000242. The molecule has 1 aromatic rings. The molecule has 1 aliphatic rings. The Morgan fingerprint density at radius 3 is 2.68 bits per heavy atom. The van der Waals surface area contributed by atoms with Crippen molar-refractivity contribution in [1.82, 2.24) is 10.2 Å². The molecule has 4 nitrogen and oxygen atoms in total. The van der Waals surface area contributed by atoms with E-state index in [1.54, 1.807) is 7.11 Å². The van der Waals surface area contributed by atoms with Crippen molar-refractivity contribution in [3.05, 3.63) is 29.8 Å². The van der Waals surface area contributed by atoms with Crippen LogP contribution in [0.3, 0.4) is 0 Å². The first-order valence-corrected chi connectivity index (χ1v) is 7.73. The molecule has 0 aromatic heterocycles. The number of hydrogen-bond acceptors (Lipinski definition) is 3. The molecule has 124 valence electrons. The summed E-state index contributed by atoms with van der Waals surface area (Å²) in [6.45, 7) is 3.84. The summed E-state index contributed by atoms with van der Waals surface area (Å²) in [5.41, 5.74) is 1.19. The van der Waals surface area contributed by atoms with Crippen molar-refractivity contribution >= 4 is 18.3 Å². The maximum atomic E-state index is 12.4. The molecule has 0 saturated carbocycles. The molecule has 1 aliphatic heterocycles. The Labute approximate surface area is 139 Å². The number of hydrogen-bond donors (Lipinski definition) is 1. The predicted molar refractivity (Wildman–Crippen MR) is 91.9 cm³/mol. The van der Waals surface area contributed by atoms with Gasteiger partial charge in [-0.3, -0.25) is 4.79 Å². The molecule has 0 spiro atoms. The van der Waals surface area contributed by atoms with Gasteiger partial charge in [-0.1, -0.05) is 19.1 Å². The van der Waals surface area contributed by atoms with Crippen molar-refractivity contribution in [3.63, 3.8) is 0 Å². The number of nitrogens with zero attached hydrogens (tertiary/aromatic N) is 1. The first kappa shape index (κ1) is 18.8. The highest BCUT2D eigenvalue weighted by molar-refractivity contribution is 5.85. The number of methoxy groups -OCH3 is 1. The van der Waals surface area contributed by atoms with Gasteiger partial charge in [-0.2, -0.15) is 0 Å². The molecule has 2 rings (SSSR count). The molecule has 2 atom stereocenters. The zero-order valence-corrected chi connectivity index (χ0v) is 14.5. The van der Waals surface area contributed by atoms with E-state index < -0.39 is 0 Å². The Bertz CT molecular complexity index is 464. The molecule has 0 aliphatic carbocycles. The van der Waals surface area contributed by atoms with E-state index in [2.05, 4.69) is 12.2 Å². The highest BCUT2D eigenvalue weighted by Crippen LogP contribution is 2.23. The normalized spacial score (nSPS) is 19.2. The molecule has 1 heterocycles. The van der Waals surface area contributed by atoms with Crippen LogP contribution in [0.1, 0.15) is 37.7 Å². The molecule has 2 unspecified atom stereocenters. The monoisotopic (exact) mass is 326 g/mol. The standard InChI is InChI=1S/C17H26N2O2.ClH/c1-13(14-6-8-16(21-3)9-7-14)11-17(20)19-10-4-5-15(12-19)18-2;/h6-9,13,15,18H,4-5,10-12H2,1-3H3;1H. The molecule has 5 heteroatoms. The number of halogens is 1. The number of amides is 1. The fourth-order valence-corrected chi connectivity index (χ4v) is 2.88. The minimum absolute atomic E-state index is 0. The van der Waals surface area contributed by atoms with Gasteiger partial charge in [-0.05, 0) is 43.5 Å². The maximum Gasteiger partial charge on any atom is 0.223 e. The second kappa shape index (κ2) is 9.01. The number of nitrogens with one attached hydrogen (secondary N) is 1. The fourth-order valence-electron chi connectivity index (χ4n) is 2.88. The Morgan fingerprint density at radius 2 is 2.09 bits per heavy atom. The van der Waals surface area contributed by atoms with E-state index in [1.807, 2.05) is 36.2 Å². The Hall–Kier alpha value is -1.26. The first-order chi connectivity index (χ1) is 10.1. The van der Waals surface area contributed by atoms with Crippen molar-refractivity contribution in [2.75, 3.05) is 27.2 Å². The van der Waals surface area contributed by atoms with Crippen molar-refractivity contribution in [2.24, 2.45) is 0 Å². The number of ether oxygens (including phenoxy) is 1. The van der Waals surface area contributed by atoms with Gasteiger partial charge in [0.05, 0.1) is 7.11 Å². The molecular weight excluding hydrogens is 300 g/mol. The third-order valence-corrected chi connectivity index (χ3v) is 4.35. The van der Waals surface area contributed by atoms with Crippen molar-refractivity contribution in [2.45, 2.75) is 38.1 Å². The molecule has 1 amide bonds. The summed E-state index contributed by atoms with van der Waals surface area (Å²) in [6.07, 6.45) is 2.82. The molecule has 1 saturated heterocycles. The molecular formula is C17H27ClN2O2. The summed E-state index contributed by atoms with van der Waals surface area (Å²) in [5.74, 6) is 1.35. The second-order valence-corrected chi connectivity index (χ2v) is 5.85. The lowest BCUT2D eigenvalue weighted by Crippen LogP contribution is -2.47. The lowest BCUT2D eigenvalue weighted by molar-refractivity contribution is -0.132. The molecule has 0 radical (unpaired) electrons. The van der Waals surface area contributed by atoms with Gasteiger partial charge in [0.25, 0.3) is 0 Å². The second-order valence-electron chi connectivity index (χ2n) is 5.85. The van der Waals surface area contributed by atoms with E-state index in [1.165, 1.54) is 5.56 Å². The quantitative estimate of drug-likeness (QED) is 0.904. The van der Waals surface area contributed by atoms with Crippen LogP contribution in [0.5, 0.6) is 5.75 Å². The summed E-state index contributed by atoms with van der Waals surface area (Å²) >= 11 is 0. The van der Waals surface area contributed by atoms with Gasteiger partial charge < -0.3 is 15.0 Å². The zero-order chi connectivity index (χ0) is 15.2. The Morgan fingerprint density at radius 1 is 1.41 bits per heavy atom. The van der Waals surface area contributed by atoms with E-state index in [4.69, 9.17) is 4.74 Å². The summed E-state index contributed by atoms with van der Waals surface area (Å²) in [4.78, 5) is 14.4. The van der Waals surface area contributed by atoms with Gasteiger partial charge in [0.15, 0.2) is 0 Å². The third-order valence-electron chi connectivity index (χ3n) is 4.35. The van der Waals surface area contributed by atoms with Crippen LogP contribution in [-0.4, -0.2) is 44.1 Å². The van der Waals surface area contributed by atoms with Crippen LogP contribution in [0.25, 0.3) is 0 Å². The summed E-state index contributed by atoms with van der Waals surface area (Å²) in [7, 11) is 3.63. The van der Waals surface area contributed by atoms with E-state index in [9.17, 15) is 4.79 Å². The van der Waals surface area contributed by atoms with Crippen LogP contribution in [0.4, 0.5) is 0 Å². The molecule has 1 fully saturated rings. The largest absolute Gasteiger partial charge is 0.497 e. The number of likely N-dealkylation sites (tertiary alicyclic amines) is 1. The van der Waals surface area contributed by atoms with Crippen LogP contribution in [0.15, 0.2) is 24.3 Å². The van der Waals surface area contributed by atoms with Crippen LogP contribution < -0.4 is 10.1 Å². The van der Waals surface area contributed by atoms with Gasteiger partial charge in [0, 0.05) is 25.6 Å². The zero-order valence-electron chi connectivity index (χ0n) is 13.7. The maximum absolute atomic E-state index is 12.4. The topological polar surface area (TPSA) is 41.6 Å². The van der Waals surface area contributed by atoms with Gasteiger partial charge in [-0.15, -0.1) is 12.4 Å². The number of carbonyl (C=O) groups excluding carboxylic acids is 1. The smallest absolute Gasteiger partial charge is 0.223 e. The van der Waals surface area contributed by atoms with Gasteiger partial charge >= 0.3 is 0 Å². The minimum atomic E-state index is 0. The van der Waals surface area contributed by atoms with Gasteiger partial charge in [-0.25, -0.2) is 0 Å². The van der Waals surface area contributed by atoms with E-state index in [0.29, 0.717) is 12.5 Å². The highest BCUT2D eigenvalue weighted by Gasteiger charge is 2.23. The average molecular weight is 327 g/mol. The number of piperidine rings is 1. The SMILES string of the molecule is CNC1CCCN(C(=O)CC(C)c2ccc(OC)cc2)C1.Cl. The van der Waals surface area contributed by atoms with Crippen molar-refractivity contribution < 1.29 is 9.53 Å². The summed E-state index contributed by atoms with van der Waals surface area (Å²) < 4.78 is 5.17. The summed E-state index contributed by atoms with van der Waals surface area (Å²) in [5, 5.41) is 3.28. The molecule has 1 N–H and O–H groups in total. The van der Waals surface area contributed by atoms with Crippen molar-refractivity contribution in [3.8, 4) is 5.75 Å². The molecule has 22 heavy (non-hydrogen) atoms. The highest BCUT2D eigenvalue weighted by atomic mass is 35.5. The summed E-state index contributed by atoms with van der Waals surface area (Å²) in [6, 6.07) is 8.44. The van der Waals surface area contributed by atoms with Crippen LogP contribution in [0.2, 0.25) is 0 Å². The van der Waals surface area contributed by atoms with E-state index >= 15 is 0 Å². The number of benzene rings is 1. The Kier molecular flexibility index (Phi) is 7.69. The lowest BCUT2D eigenvalue weighted by Gasteiger charge is -2.33. The van der Waals surface area contributed by atoms with E-state index in [0.717, 1.165) is 31.7 Å². The predicted octanol–water partition coefficient (Wildman–Crippen LogP) is 2.82. The lowest BCUT2D eigenvalue weighted by atomic mass is 9.96.